The number of amides is 1. The lowest BCUT2D eigenvalue weighted by atomic mass is 10.2. The SMILES string of the molecule is CNc1cc(N(C)C(C)=O)ccc1OC. The molecule has 0 saturated carbocycles. The van der Waals surface area contributed by atoms with E-state index in [9.17, 15) is 4.79 Å². The molecule has 0 aromatic heterocycles. The highest BCUT2D eigenvalue weighted by atomic mass is 16.5. The minimum Gasteiger partial charge on any atom is -0.495 e. The third kappa shape index (κ3) is 2.40. The molecule has 0 aliphatic carbocycles. The third-order valence-corrected chi connectivity index (χ3v) is 2.31. The Morgan fingerprint density at radius 3 is 2.60 bits per heavy atom. The van der Waals surface area contributed by atoms with Crippen LogP contribution >= 0.6 is 0 Å². The number of carbonyl (C=O) groups is 1. The minimum atomic E-state index is 0.00206. The van der Waals surface area contributed by atoms with Gasteiger partial charge in [0.2, 0.25) is 5.91 Å². The van der Waals surface area contributed by atoms with Gasteiger partial charge in [0.15, 0.2) is 0 Å². The molecule has 0 aliphatic heterocycles. The number of rotatable bonds is 3. The van der Waals surface area contributed by atoms with Crippen molar-refractivity contribution in [1.82, 2.24) is 0 Å². The summed E-state index contributed by atoms with van der Waals surface area (Å²) in [4.78, 5) is 12.8. The van der Waals surface area contributed by atoms with Gasteiger partial charge in [-0.05, 0) is 18.2 Å². The van der Waals surface area contributed by atoms with E-state index in [4.69, 9.17) is 4.74 Å². The molecule has 0 aliphatic rings. The second-order valence-electron chi connectivity index (χ2n) is 3.21. The predicted octanol–water partition coefficient (Wildman–Crippen LogP) is 1.72. The van der Waals surface area contributed by atoms with Crippen molar-refractivity contribution in [3.63, 3.8) is 0 Å². The maximum Gasteiger partial charge on any atom is 0.223 e. The van der Waals surface area contributed by atoms with Crippen molar-refractivity contribution in [2.24, 2.45) is 0 Å². The number of hydrogen-bond donors (Lipinski definition) is 1. The number of nitrogens with one attached hydrogen (secondary N) is 1. The zero-order valence-corrected chi connectivity index (χ0v) is 9.50. The topological polar surface area (TPSA) is 41.6 Å². The molecule has 0 bridgehead atoms. The predicted molar refractivity (Wildman–Crippen MR) is 61.6 cm³/mol. The van der Waals surface area contributed by atoms with Gasteiger partial charge in [0.05, 0.1) is 12.8 Å². The van der Waals surface area contributed by atoms with Crippen LogP contribution in [0.25, 0.3) is 0 Å². The average Bonchev–Trinajstić information content (AvgIpc) is 2.26. The van der Waals surface area contributed by atoms with E-state index in [0.29, 0.717) is 0 Å². The van der Waals surface area contributed by atoms with Gasteiger partial charge in [0.1, 0.15) is 5.75 Å². The summed E-state index contributed by atoms with van der Waals surface area (Å²) in [6, 6.07) is 5.56. The van der Waals surface area contributed by atoms with Gasteiger partial charge < -0.3 is 15.0 Å². The molecule has 0 saturated heterocycles. The van der Waals surface area contributed by atoms with Crippen molar-refractivity contribution in [2.75, 3.05) is 31.4 Å². The molecule has 0 heterocycles. The lowest BCUT2D eigenvalue weighted by molar-refractivity contribution is -0.116. The number of anilines is 2. The Morgan fingerprint density at radius 2 is 2.13 bits per heavy atom. The Labute approximate surface area is 89.8 Å². The molecule has 0 atom stereocenters. The highest BCUT2D eigenvalue weighted by molar-refractivity contribution is 5.91. The van der Waals surface area contributed by atoms with E-state index in [1.807, 2.05) is 25.2 Å². The maximum atomic E-state index is 11.2. The first-order valence-electron chi connectivity index (χ1n) is 4.70. The molecule has 1 aromatic carbocycles. The number of nitrogens with zero attached hydrogens (tertiary/aromatic N) is 1. The second-order valence-corrected chi connectivity index (χ2v) is 3.21. The number of ether oxygens (including phenoxy) is 1. The van der Waals surface area contributed by atoms with Crippen LogP contribution in [0.4, 0.5) is 11.4 Å². The highest BCUT2D eigenvalue weighted by Gasteiger charge is 2.08. The number of methoxy groups -OCH3 is 1. The fourth-order valence-corrected chi connectivity index (χ4v) is 1.28. The molecule has 1 N–H and O–H groups in total. The van der Waals surface area contributed by atoms with Crippen molar-refractivity contribution in [2.45, 2.75) is 6.92 Å². The van der Waals surface area contributed by atoms with E-state index >= 15 is 0 Å². The van der Waals surface area contributed by atoms with Crippen molar-refractivity contribution in [3.05, 3.63) is 18.2 Å². The standard InChI is InChI=1S/C11H16N2O2/c1-8(14)13(3)9-5-6-11(15-4)10(7-9)12-2/h5-7,12H,1-4H3. The van der Waals surface area contributed by atoms with Crippen molar-refractivity contribution in [3.8, 4) is 5.75 Å². The summed E-state index contributed by atoms with van der Waals surface area (Å²) in [5.74, 6) is 0.764. The molecule has 82 valence electrons. The zero-order valence-electron chi connectivity index (χ0n) is 9.50. The molecule has 1 aromatic rings. The molecule has 4 heteroatoms. The first-order chi connectivity index (χ1) is 7.10. The summed E-state index contributed by atoms with van der Waals surface area (Å²) in [5, 5.41) is 3.02. The van der Waals surface area contributed by atoms with Gasteiger partial charge in [-0.2, -0.15) is 0 Å². The van der Waals surface area contributed by atoms with Crippen LogP contribution in [-0.4, -0.2) is 27.1 Å². The second kappa shape index (κ2) is 4.68. The monoisotopic (exact) mass is 208 g/mol. The van der Waals surface area contributed by atoms with Gasteiger partial charge >= 0.3 is 0 Å². The van der Waals surface area contributed by atoms with Crippen LogP contribution in [0.1, 0.15) is 6.92 Å². The minimum absolute atomic E-state index is 0.00206. The Kier molecular flexibility index (Phi) is 3.55. The molecule has 0 fully saturated rings. The number of benzene rings is 1. The third-order valence-electron chi connectivity index (χ3n) is 2.31. The van der Waals surface area contributed by atoms with Crippen LogP contribution in [0.2, 0.25) is 0 Å². The van der Waals surface area contributed by atoms with Crippen LogP contribution in [0, 0.1) is 0 Å². The van der Waals surface area contributed by atoms with Crippen LogP contribution in [0.15, 0.2) is 18.2 Å². The fraction of sp³-hybridized carbons (Fsp3) is 0.364. The smallest absolute Gasteiger partial charge is 0.223 e. The van der Waals surface area contributed by atoms with Crippen LogP contribution < -0.4 is 15.0 Å². The Hall–Kier alpha value is -1.71. The molecule has 1 amide bonds. The van der Waals surface area contributed by atoms with Gasteiger partial charge in [0.25, 0.3) is 0 Å². The van der Waals surface area contributed by atoms with Gasteiger partial charge in [-0.1, -0.05) is 0 Å². The first kappa shape index (κ1) is 11.4. The summed E-state index contributed by atoms with van der Waals surface area (Å²) >= 11 is 0. The van der Waals surface area contributed by atoms with E-state index in [1.54, 1.807) is 19.1 Å². The lowest BCUT2D eigenvalue weighted by Gasteiger charge is -2.17. The summed E-state index contributed by atoms with van der Waals surface area (Å²) in [6.07, 6.45) is 0. The Balaban J connectivity index is 3.07. The van der Waals surface area contributed by atoms with Crippen molar-refractivity contribution < 1.29 is 9.53 Å². The largest absolute Gasteiger partial charge is 0.495 e. The summed E-state index contributed by atoms with van der Waals surface area (Å²) in [5.41, 5.74) is 1.70. The highest BCUT2D eigenvalue weighted by Crippen LogP contribution is 2.28. The van der Waals surface area contributed by atoms with Crippen molar-refractivity contribution in [1.29, 1.82) is 0 Å². The zero-order chi connectivity index (χ0) is 11.4. The Morgan fingerprint density at radius 1 is 1.47 bits per heavy atom. The fourth-order valence-electron chi connectivity index (χ4n) is 1.28. The molecule has 0 unspecified atom stereocenters. The number of carbonyl (C=O) groups excluding carboxylic acids is 1. The van der Waals surface area contributed by atoms with E-state index in [2.05, 4.69) is 5.32 Å². The molecule has 1 rings (SSSR count). The van der Waals surface area contributed by atoms with E-state index in [0.717, 1.165) is 17.1 Å². The number of hydrogen-bond acceptors (Lipinski definition) is 3. The van der Waals surface area contributed by atoms with Crippen LogP contribution in [0.3, 0.4) is 0 Å². The van der Waals surface area contributed by atoms with Gasteiger partial charge in [-0.25, -0.2) is 0 Å². The van der Waals surface area contributed by atoms with E-state index in [1.165, 1.54) is 6.92 Å². The summed E-state index contributed by atoms with van der Waals surface area (Å²) in [6.45, 7) is 1.53. The summed E-state index contributed by atoms with van der Waals surface area (Å²) < 4.78 is 5.17. The molecule has 4 nitrogen and oxygen atoms in total. The van der Waals surface area contributed by atoms with Gasteiger partial charge in [-0.15, -0.1) is 0 Å². The van der Waals surface area contributed by atoms with Crippen LogP contribution in [-0.2, 0) is 4.79 Å². The van der Waals surface area contributed by atoms with Gasteiger partial charge in [-0.3, -0.25) is 4.79 Å². The summed E-state index contributed by atoms with van der Waals surface area (Å²) in [7, 11) is 5.17. The molecular formula is C11H16N2O2. The average molecular weight is 208 g/mol. The molecular weight excluding hydrogens is 192 g/mol. The quantitative estimate of drug-likeness (QED) is 0.822. The molecule has 0 radical (unpaired) electrons. The molecule has 15 heavy (non-hydrogen) atoms. The Bertz CT molecular complexity index is 364. The first-order valence-corrected chi connectivity index (χ1v) is 4.70. The lowest BCUT2D eigenvalue weighted by Crippen LogP contribution is -2.22. The van der Waals surface area contributed by atoms with Gasteiger partial charge in [0, 0.05) is 26.7 Å². The van der Waals surface area contributed by atoms with Crippen molar-refractivity contribution >= 4 is 17.3 Å². The van der Waals surface area contributed by atoms with E-state index in [-0.39, 0.29) is 5.91 Å². The normalized spacial score (nSPS) is 9.60. The van der Waals surface area contributed by atoms with E-state index < -0.39 is 0 Å². The van der Waals surface area contributed by atoms with Crippen LogP contribution in [0.5, 0.6) is 5.75 Å². The molecule has 0 spiro atoms. The maximum absolute atomic E-state index is 11.2.